The van der Waals surface area contributed by atoms with Gasteiger partial charge in [-0.1, -0.05) is 31.7 Å². The Kier molecular flexibility index (Phi) is 6.58. The van der Waals surface area contributed by atoms with E-state index in [4.69, 9.17) is 0 Å². The highest BCUT2D eigenvalue weighted by Crippen LogP contribution is 2.20. The molecule has 1 saturated carbocycles. The molecule has 0 atom stereocenters. The number of rotatable bonds is 6. The summed E-state index contributed by atoms with van der Waals surface area (Å²) in [7, 11) is -3.57. The van der Waals surface area contributed by atoms with E-state index in [0.29, 0.717) is 12.1 Å². The molecule has 0 saturated heterocycles. The van der Waals surface area contributed by atoms with E-state index in [1.54, 1.807) is 6.20 Å². The van der Waals surface area contributed by atoms with Crippen molar-refractivity contribution >= 4 is 15.9 Å². The molecule has 0 aliphatic heterocycles. The minimum absolute atomic E-state index is 0.00107. The van der Waals surface area contributed by atoms with Crippen LogP contribution in [-0.4, -0.2) is 25.4 Å². The van der Waals surface area contributed by atoms with Crippen LogP contribution in [0.1, 0.15) is 54.6 Å². The highest BCUT2D eigenvalue weighted by molar-refractivity contribution is 7.89. The molecule has 3 rings (SSSR count). The molecule has 2 N–H and O–H groups in total. The van der Waals surface area contributed by atoms with Crippen molar-refractivity contribution < 1.29 is 13.2 Å². The Hall–Kier alpha value is -2.25. The maximum atomic E-state index is 12.6. The molecule has 0 unspecified atom stereocenters. The van der Waals surface area contributed by atoms with Gasteiger partial charge < -0.3 is 5.32 Å². The molecule has 7 heteroatoms. The van der Waals surface area contributed by atoms with E-state index in [9.17, 15) is 13.2 Å². The summed E-state index contributed by atoms with van der Waals surface area (Å²) in [5, 5.41) is 2.78. The van der Waals surface area contributed by atoms with Gasteiger partial charge >= 0.3 is 0 Å². The number of aromatic nitrogens is 1. The molecule has 1 aromatic carbocycles. The number of hydrogen-bond donors (Lipinski definition) is 2. The number of pyridine rings is 1. The van der Waals surface area contributed by atoms with E-state index in [1.807, 2.05) is 18.2 Å². The summed E-state index contributed by atoms with van der Waals surface area (Å²) in [6.45, 7) is 0.322. The van der Waals surface area contributed by atoms with Crippen molar-refractivity contribution in [2.45, 2.75) is 56.0 Å². The van der Waals surface area contributed by atoms with Gasteiger partial charge in [0.25, 0.3) is 5.91 Å². The zero-order valence-corrected chi connectivity index (χ0v) is 16.0. The van der Waals surface area contributed by atoms with E-state index in [1.165, 1.54) is 37.1 Å². The van der Waals surface area contributed by atoms with E-state index in [-0.39, 0.29) is 16.8 Å². The maximum Gasteiger partial charge on any atom is 0.251 e. The lowest BCUT2D eigenvalue weighted by Gasteiger charge is -2.16. The number of benzene rings is 1. The summed E-state index contributed by atoms with van der Waals surface area (Å²) in [6.07, 6.45) is 7.88. The number of carbonyl (C=O) groups is 1. The molecule has 6 nitrogen and oxygen atoms in total. The third-order valence-corrected chi connectivity index (χ3v) is 6.30. The quantitative estimate of drug-likeness (QED) is 0.746. The summed E-state index contributed by atoms with van der Waals surface area (Å²) < 4.78 is 28.0. The molecule has 1 aliphatic rings. The fourth-order valence-electron chi connectivity index (χ4n) is 3.25. The highest BCUT2D eigenvalue weighted by atomic mass is 32.2. The lowest BCUT2D eigenvalue weighted by Crippen LogP contribution is -2.34. The fourth-order valence-corrected chi connectivity index (χ4v) is 4.55. The second-order valence-electron chi connectivity index (χ2n) is 6.84. The van der Waals surface area contributed by atoms with E-state index in [0.717, 1.165) is 31.4 Å². The molecule has 0 radical (unpaired) electrons. The van der Waals surface area contributed by atoms with Gasteiger partial charge in [-0.05, 0) is 49.2 Å². The number of nitrogens with one attached hydrogen (secondary N) is 2. The molecule has 1 fully saturated rings. The second kappa shape index (κ2) is 9.10. The fraction of sp³-hybridized carbons (Fsp3) is 0.400. The molecule has 1 amide bonds. The van der Waals surface area contributed by atoms with Gasteiger partial charge in [-0.25, -0.2) is 13.1 Å². The van der Waals surface area contributed by atoms with Crippen molar-refractivity contribution in [3.8, 4) is 0 Å². The average Bonchev–Trinajstić information content (AvgIpc) is 2.95. The molecule has 0 bridgehead atoms. The maximum absolute atomic E-state index is 12.6. The smallest absolute Gasteiger partial charge is 0.251 e. The Morgan fingerprint density at radius 2 is 1.70 bits per heavy atom. The van der Waals surface area contributed by atoms with E-state index < -0.39 is 10.0 Å². The van der Waals surface area contributed by atoms with Crippen molar-refractivity contribution in [1.82, 2.24) is 15.0 Å². The molecule has 0 spiro atoms. The molecule has 1 aliphatic carbocycles. The van der Waals surface area contributed by atoms with Gasteiger partial charge in [0.2, 0.25) is 10.0 Å². The van der Waals surface area contributed by atoms with Crippen LogP contribution in [-0.2, 0) is 16.6 Å². The van der Waals surface area contributed by atoms with Gasteiger partial charge in [0.15, 0.2) is 0 Å². The first-order valence-electron chi connectivity index (χ1n) is 9.35. The minimum atomic E-state index is -3.57. The van der Waals surface area contributed by atoms with Crippen LogP contribution in [0, 0.1) is 0 Å². The lowest BCUT2D eigenvalue weighted by molar-refractivity contribution is 0.0950. The van der Waals surface area contributed by atoms with E-state index in [2.05, 4.69) is 15.0 Å². The monoisotopic (exact) mass is 387 g/mol. The van der Waals surface area contributed by atoms with Gasteiger partial charge in [0.1, 0.15) is 0 Å². The van der Waals surface area contributed by atoms with Crippen LogP contribution >= 0.6 is 0 Å². The van der Waals surface area contributed by atoms with Crippen LogP contribution in [0.15, 0.2) is 53.6 Å². The largest absolute Gasteiger partial charge is 0.346 e. The number of hydrogen-bond acceptors (Lipinski definition) is 4. The van der Waals surface area contributed by atoms with Crippen molar-refractivity contribution in [3.05, 3.63) is 59.9 Å². The minimum Gasteiger partial charge on any atom is -0.346 e. The third kappa shape index (κ3) is 5.61. The Bertz CT molecular complexity index is 844. The van der Waals surface area contributed by atoms with Crippen molar-refractivity contribution in [3.63, 3.8) is 0 Å². The van der Waals surface area contributed by atoms with Crippen LogP contribution in [0.3, 0.4) is 0 Å². The summed E-state index contributed by atoms with van der Waals surface area (Å²) in [5.41, 5.74) is 1.18. The molecule has 2 aromatic rings. The van der Waals surface area contributed by atoms with E-state index >= 15 is 0 Å². The third-order valence-electron chi connectivity index (χ3n) is 4.76. The first kappa shape index (κ1) is 19.5. The molecule has 1 aromatic heterocycles. The van der Waals surface area contributed by atoms with Gasteiger partial charge in [0.05, 0.1) is 17.1 Å². The zero-order chi connectivity index (χ0) is 19.1. The molecular formula is C20H25N3O3S. The standard InChI is InChI=1S/C20H25N3O3S/c24-20(22-15-18-9-5-6-14-21-18)16-10-12-19(13-11-16)27(25,26)23-17-7-3-1-2-4-8-17/h5-6,9-14,17,23H,1-4,7-8,15H2,(H,22,24). The Morgan fingerprint density at radius 3 is 2.33 bits per heavy atom. The van der Waals surface area contributed by atoms with Crippen LogP contribution in [0.25, 0.3) is 0 Å². The predicted octanol–water partition coefficient (Wildman–Crippen LogP) is 3.01. The van der Waals surface area contributed by atoms with Crippen LogP contribution < -0.4 is 10.0 Å². The first-order valence-corrected chi connectivity index (χ1v) is 10.8. The summed E-state index contributed by atoms with van der Waals surface area (Å²) >= 11 is 0. The number of carbonyl (C=O) groups excluding carboxylic acids is 1. The highest BCUT2D eigenvalue weighted by Gasteiger charge is 2.21. The summed E-state index contributed by atoms with van der Waals surface area (Å²) in [6, 6.07) is 11.5. The SMILES string of the molecule is O=C(NCc1ccccn1)c1ccc(S(=O)(=O)NC2CCCCCC2)cc1. The summed E-state index contributed by atoms with van der Waals surface area (Å²) in [4.78, 5) is 16.6. The van der Waals surface area contributed by atoms with Crippen LogP contribution in [0.4, 0.5) is 0 Å². The van der Waals surface area contributed by atoms with Crippen molar-refractivity contribution in [2.75, 3.05) is 0 Å². The van der Waals surface area contributed by atoms with Gasteiger partial charge in [-0.2, -0.15) is 0 Å². The molecule has 1 heterocycles. The molecular weight excluding hydrogens is 362 g/mol. The average molecular weight is 388 g/mol. The number of sulfonamides is 1. The second-order valence-corrected chi connectivity index (χ2v) is 8.55. The van der Waals surface area contributed by atoms with Crippen LogP contribution in [0.2, 0.25) is 0 Å². The van der Waals surface area contributed by atoms with Gasteiger partial charge in [0, 0.05) is 17.8 Å². The Morgan fingerprint density at radius 1 is 1.00 bits per heavy atom. The van der Waals surface area contributed by atoms with Gasteiger partial charge in [-0.3, -0.25) is 9.78 Å². The van der Waals surface area contributed by atoms with Crippen molar-refractivity contribution in [2.24, 2.45) is 0 Å². The van der Waals surface area contributed by atoms with Crippen molar-refractivity contribution in [1.29, 1.82) is 0 Å². The number of nitrogens with zero attached hydrogens (tertiary/aromatic N) is 1. The normalized spacial score (nSPS) is 15.9. The molecule has 27 heavy (non-hydrogen) atoms. The number of amides is 1. The van der Waals surface area contributed by atoms with Crippen LogP contribution in [0.5, 0.6) is 0 Å². The topological polar surface area (TPSA) is 88.2 Å². The van der Waals surface area contributed by atoms with Gasteiger partial charge in [-0.15, -0.1) is 0 Å². The molecule has 144 valence electrons. The Labute approximate surface area is 160 Å². The first-order chi connectivity index (χ1) is 13.0. The lowest BCUT2D eigenvalue weighted by atomic mass is 10.1. The zero-order valence-electron chi connectivity index (χ0n) is 15.2. The Balaban J connectivity index is 1.60. The predicted molar refractivity (Wildman–Crippen MR) is 104 cm³/mol. The summed E-state index contributed by atoms with van der Waals surface area (Å²) in [5.74, 6) is -0.263.